The van der Waals surface area contributed by atoms with Crippen LogP contribution in [-0.2, 0) is 9.47 Å². The summed E-state index contributed by atoms with van der Waals surface area (Å²) >= 11 is 0. The van der Waals surface area contributed by atoms with Crippen molar-refractivity contribution in [1.29, 1.82) is 0 Å². The number of carbonyl (C=O) groups is 1. The van der Waals surface area contributed by atoms with Crippen molar-refractivity contribution in [2.24, 2.45) is 0 Å². The molecule has 0 spiro atoms. The van der Waals surface area contributed by atoms with E-state index in [2.05, 4.69) is 4.74 Å². The zero-order chi connectivity index (χ0) is 8.48. The molecule has 1 rings (SSSR count). The van der Waals surface area contributed by atoms with Gasteiger partial charge in [0.25, 0.3) is 0 Å². The quantitative estimate of drug-likeness (QED) is 0.428. The molecule has 0 N–H and O–H groups in total. The van der Waals surface area contributed by atoms with E-state index in [1.165, 1.54) is 0 Å². The van der Waals surface area contributed by atoms with Crippen LogP contribution in [0.3, 0.4) is 0 Å². The van der Waals surface area contributed by atoms with Gasteiger partial charge in [-0.05, 0) is 0 Å². The van der Waals surface area contributed by atoms with E-state index in [9.17, 15) is 4.79 Å². The Morgan fingerprint density at radius 2 is 2.18 bits per heavy atom. The van der Waals surface area contributed by atoms with Crippen LogP contribution in [0.5, 0.6) is 0 Å². The number of quaternary nitrogens is 1. The molecule has 0 saturated carbocycles. The number of rotatable bonds is 2. The van der Waals surface area contributed by atoms with Crippen LogP contribution in [0, 0.1) is 0 Å². The molecule has 0 bridgehead atoms. The molecular weight excluding hydrogens is 146 g/mol. The fourth-order valence-corrected chi connectivity index (χ4v) is 1.07. The van der Waals surface area contributed by atoms with E-state index in [1.807, 2.05) is 21.1 Å². The van der Waals surface area contributed by atoms with E-state index in [0.29, 0.717) is 6.61 Å². The summed E-state index contributed by atoms with van der Waals surface area (Å²) in [6.45, 7) is 1.19. The molecule has 0 unspecified atom stereocenters. The van der Waals surface area contributed by atoms with E-state index in [1.54, 1.807) is 0 Å². The molecule has 1 atom stereocenters. The Bertz CT molecular complexity index is 162. The molecule has 0 aromatic rings. The highest BCUT2D eigenvalue weighted by molar-refractivity contribution is 5.61. The average molecular weight is 160 g/mol. The van der Waals surface area contributed by atoms with Crippen LogP contribution in [-0.4, -0.2) is 51.0 Å². The Kier molecular flexibility index (Phi) is 2.04. The van der Waals surface area contributed by atoms with Crippen molar-refractivity contribution in [1.82, 2.24) is 0 Å². The number of carbonyl (C=O) groups excluding carboxylic acids is 1. The average Bonchev–Trinajstić information content (AvgIpc) is 2.10. The second-order valence-corrected chi connectivity index (χ2v) is 3.77. The van der Waals surface area contributed by atoms with E-state index in [0.717, 1.165) is 11.0 Å². The van der Waals surface area contributed by atoms with Crippen molar-refractivity contribution in [2.45, 2.75) is 6.10 Å². The zero-order valence-corrected chi connectivity index (χ0v) is 7.16. The van der Waals surface area contributed by atoms with Gasteiger partial charge in [0.1, 0.15) is 13.2 Å². The van der Waals surface area contributed by atoms with Crippen LogP contribution in [0.1, 0.15) is 0 Å². The van der Waals surface area contributed by atoms with E-state index in [-0.39, 0.29) is 6.10 Å². The highest BCUT2D eigenvalue weighted by Crippen LogP contribution is 2.08. The molecule has 1 fully saturated rings. The fraction of sp³-hybridized carbons (Fsp3) is 0.857. The van der Waals surface area contributed by atoms with Gasteiger partial charge in [-0.25, -0.2) is 4.79 Å². The molecule has 1 heterocycles. The molecule has 11 heavy (non-hydrogen) atoms. The Morgan fingerprint density at radius 1 is 1.55 bits per heavy atom. The van der Waals surface area contributed by atoms with Gasteiger partial charge in [-0.1, -0.05) is 0 Å². The predicted molar refractivity (Wildman–Crippen MR) is 39.1 cm³/mol. The van der Waals surface area contributed by atoms with Gasteiger partial charge in [0.15, 0.2) is 6.10 Å². The molecular formula is C7H14NO3+. The van der Waals surface area contributed by atoms with Crippen molar-refractivity contribution in [3.63, 3.8) is 0 Å². The van der Waals surface area contributed by atoms with Gasteiger partial charge in [0.05, 0.1) is 21.1 Å². The standard InChI is InChI=1S/C7H14NO3/c1-8(2,3)4-6-5-10-7(9)11-6/h6H,4-5H2,1-3H3/q+1/t6-/m1/s1. The lowest BCUT2D eigenvalue weighted by Crippen LogP contribution is -2.42. The van der Waals surface area contributed by atoms with Gasteiger partial charge >= 0.3 is 6.16 Å². The molecule has 0 amide bonds. The summed E-state index contributed by atoms with van der Waals surface area (Å²) in [6, 6.07) is 0. The minimum absolute atomic E-state index is 0.0671. The van der Waals surface area contributed by atoms with Crippen molar-refractivity contribution in [2.75, 3.05) is 34.3 Å². The number of likely N-dealkylation sites (N-methyl/N-ethyl adjacent to an activating group) is 1. The molecule has 1 aliphatic rings. The summed E-state index contributed by atoms with van der Waals surface area (Å²) in [5, 5.41) is 0. The second-order valence-electron chi connectivity index (χ2n) is 3.77. The summed E-state index contributed by atoms with van der Waals surface area (Å²) in [4.78, 5) is 10.5. The Labute approximate surface area is 66.3 Å². The monoisotopic (exact) mass is 160 g/mol. The van der Waals surface area contributed by atoms with E-state index >= 15 is 0 Å². The third-order valence-corrected chi connectivity index (χ3v) is 1.40. The second kappa shape index (κ2) is 2.70. The summed E-state index contributed by atoms with van der Waals surface area (Å²) in [6.07, 6.45) is -0.606. The number of ether oxygens (including phenoxy) is 2. The molecule has 0 aliphatic carbocycles. The molecule has 64 valence electrons. The van der Waals surface area contributed by atoms with Crippen LogP contribution < -0.4 is 0 Å². The highest BCUT2D eigenvalue weighted by Gasteiger charge is 2.29. The maximum absolute atomic E-state index is 10.5. The minimum Gasteiger partial charge on any atom is -0.430 e. The Hall–Kier alpha value is -0.770. The van der Waals surface area contributed by atoms with Gasteiger partial charge in [-0.15, -0.1) is 0 Å². The SMILES string of the molecule is C[N+](C)(C)C[C@@H]1COC(=O)O1. The van der Waals surface area contributed by atoms with Crippen molar-refractivity contribution >= 4 is 6.16 Å². The largest absolute Gasteiger partial charge is 0.509 e. The molecule has 4 heteroatoms. The lowest BCUT2D eigenvalue weighted by atomic mass is 10.3. The van der Waals surface area contributed by atoms with Crippen LogP contribution >= 0.6 is 0 Å². The van der Waals surface area contributed by atoms with Gasteiger partial charge in [-0.2, -0.15) is 0 Å². The van der Waals surface area contributed by atoms with Gasteiger partial charge in [0, 0.05) is 0 Å². The van der Waals surface area contributed by atoms with Crippen LogP contribution in [0.15, 0.2) is 0 Å². The molecule has 1 aliphatic heterocycles. The number of nitrogens with zero attached hydrogens (tertiary/aromatic N) is 1. The van der Waals surface area contributed by atoms with Gasteiger partial charge in [0.2, 0.25) is 0 Å². The first-order valence-electron chi connectivity index (χ1n) is 3.61. The number of hydrogen-bond acceptors (Lipinski definition) is 3. The smallest absolute Gasteiger partial charge is 0.430 e. The van der Waals surface area contributed by atoms with Crippen LogP contribution in [0.4, 0.5) is 4.79 Å². The van der Waals surface area contributed by atoms with Crippen molar-refractivity contribution in [3.05, 3.63) is 0 Å². The maximum Gasteiger partial charge on any atom is 0.509 e. The van der Waals surface area contributed by atoms with E-state index < -0.39 is 6.16 Å². The van der Waals surface area contributed by atoms with Gasteiger partial charge in [-0.3, -0.25) is 0 Å². The summed E-state index contributed by atoms with van der Waals surface area (Å²) in [5.41, 5.74) is 0. The Morgan fingerprint density at radius 3 is 2.55 bits per heavy atom. The number of cyclic esters (lactones) is 2. The third kappa shape index (κ3) is 2.76. The summed E-state index contributed by atoms with van der Waals surface area (Å²) < 4.78 is 10.3. The predicted octanol–water partition coefficient (Wildman–Crippen LogP) is 0.228. The molecule has 0 aromatic carbocycles. The van der Waals surface area contributed by atoms with Crippen LogP contribution in [0.25, 0.3) is 0 Å². The van der Waals surface area contributed by atoms with Crippen molar-refractivity contribution in [3.8, 4) is 0 Å². The molecule has 0 radical (unpaired) electrons. The topological polar surface area (TPSA) is 35.5 Å². The lowest BCUT2D eigenvalue weighted by Gasteiger charge is -2.25. The first kappa shape index (κ1) is 8.33. The number of hydrogen-bond donors (Lipinski definition) is 0. The van der Waals surface area contributed by atoms with E-state index in [4.69, 9.17) is 4.74 Å². The zero-order valence-electron chi connectivity index (χ0n) is 7.16. The normalized spacial score (nSPS) is 24.6. The molecule has 4 nitrogen and oxygen atoms in total. The van der Waals surface area contributed by atoms with Crippen LogP contribution in [0.2, 0.25) is 0 Å². The fourth-order valence-electron chi connectivity index (χ4n) is 1.07. The first-order chi connectivity index (χ1) is 4.97. The molecule has 1 saturated heterocycles. The lowest BCUT2D eigenvalue weighted by molar-refractivity contribution is -0.873. The Balaban J connectivity index is 2.34. The third-order valence-electron chi connectivity index (χ3n) is 1.40. The van der Waals surface area contributed by atoms with Gasteiger partial charge < -0.3 is 14.0 Å². The first-order valence-corrected chi connectivity index (χ1v) is 3.61. The maximum atomic E-state index is 10.5. The minimum atomic E-state index is -0.538. The summed E-state index contributed by atoms with van der Waals surface area (Å²) in [7, 11) is 6.14. The molecule has 0 aromatic heterocycles. The highest BCUT2D eigenvalue weighted by atomic mass is 16.8. The van der Waals surface area contributed by atoms with Crippen molar-refractivity contribution < 1.29 is 18.8 Å². The summed E-state index contributed by atoms with van der Waals surface area (Å²) in [5.74, 6) is 0.